The van der Waals surface area contributed by atoms with Crippen molar-refractivity contribution < 1.29 is 0 Å². The van der Waals surface area contributed by atoms with Crippen LogP contribution < -0.4 is 9.80 Å². The van der Waals surface area contributed by atoms with Crippen molar-refractivity contribution in [2.24, 2.45) is 0 Å². The quantitative estimate of drug-likeness (QED) is 0.114. The topological polar surface area (TPSA) is 6.48 Å². The number of anilines is 6. The second-order valence-electron chi connectivity index (χ2n) is 31.8. The molecular weight excluding hydrogens is 1420 g/mol. The molecule has 0 saturated carbocycles. The van der Waals surface area contributed by atoms with Crippen molar-refractivity contribution in [1.82, 2.24) is 0 Å². The van der Waals surface area contributed by atoms with E-state index in [4.69, 9.17) is 0 Å². The molecule has 0 saturated heterocycles. The molecule has 23 rings (SSSR count). The number of aryl methyl sites for hydroxylation is 2. The maximum Gasteiger partial charge on any atom is 0.0726 e. The fourth-order valence-corrected chi connectivity index (χ4v) is 22.1. The molecule has 0 bridgehead atoms. The van der Waals surface area contributed by atoms with Crippen molar-refractivity contribution in [2.75, 3.05) is 9.80 Å². The zero-order valence-corrected chi connectivity index (χ0v) is 65.0. The normalized spacial score (nSPS) is 13.6. The van der Waals surface area contributed by atoms with Crippen molar-refractivity contribution >= 4 is 65.6 Å². The van der Waals surface area contributed by atoms with Gasteiger partial charge in [0.2, 0.25) is 0 Å². The van der Waals surface area contributed by atoms with Crippen LogP contribution in [0.25, 0.3) is 98.1 Å². The van der Waals surface area contributed by atoms with Crippen LogP contribution in [-0.4, -0.2) is 0 Å². The Hall–Kier alpha value is -14.2. The first-order chi connectivity index (χ1) is 57.3. The molecule has 116 heavy (non-hydrogen) atoms. The maximum atomic E-state index is 2.55. The lowest BCUT2D eigenvalue weighted by molar-refractivity contribution is 0.766. The van der Waals surface area contributed by atoms with Crippen molar-refractivity contribution in [3.05, 3.63) is 503 Å². The summed E-state index contributed by atoms with van der Waals surface area (Å²) >= 11 is 1.88. The first kappa shape index (κ1) is 67.5. The number of fused-ring (bicyclic) bond motifs is 19. The molecule has 3 heteroatoms. The van der Waals surface area contributed by atoms with E-state index in [2.05, 4.69) is 448 Å². The molecule has 4 aliphatic rings. The van der Waals surface area contributed by atoms with Gasteiger partial charge >= 0.3 is 0 Å². The molecule has 1 aromatic heterocycles. The summed E-state index contributed by atoms with van der Waals surface area (Å²) in [5.74, 6) is 0. The van der Waals surface area contributed by atoms with Gasteiger partial charge in [0.1, 0.15) is 0 Å². The van der Waals surface area contributed by atoms with Gasteiger partial charge in [-0.2, -0.15) is 0 Å². The van der Waals surface area contributed by atoms with Gasteiger partial charge in [0.15, 0.2) is 0 Å². The van der Waals surface area contributed by atoms with Crippen LogP contribution in [0.3, 0.4) is 0 Å². The van der Waals surface area contributed by atoms with Crippen LogP contribution in [-0.2, 0) is 16.2 Å². The summed E-state index contributed by atoms with van der Waals surface area (Å²) in [6.45, 7) is 4.47. The summed E-state index contributed by atoms with van der Waals surface area (Å²) in [6, 6.07) is 161. The minimum Gasteiger partial charge on any atom is -0.310 e. The molecule has 1 spiro atoms. The summed E-state index contributed by atoms with van der Waals surface area (Å²) in [6.07, 6.45) is 0. The Kier molecular flexibility index (Phi) is 15.4. The predicted molar refractivity (Wildman–Crippen MR) is 485 cm³/mol. The van der Waals surface area contributed by atoms with Crippen LogP contribution in [0.1, 0.15) is 77.9 Å². The Morgan fingerprint density at radius 2 is 0.491 bits per heavy atom. The van der Waals surface area contributed by atoms with Gasteiger partial charge in [0, 0.05) is 54.3 Å². The minimum atomic E-state index is -0.642. The molecule has 0 fully saturated rings. The molecule has 1 heterocycles. The van der Waals surface area contributed by atoms with Gasteiger partial charge < -0.3 is 9.80 Å². The molecule has 0 N–H and O–H groups in total. The van der Waals surface area contributed by atoms with Gasteiger partial charge in [-0.15, -0.1) is 11.3 Å². The van der Waals surface area contributed by atoms with Crippen LogP contribution >= 0.6 is 11.3 Å². The highest BCUT2D eigenvalue weighted by Gasteiger charge is 2.53. The van der Waals surface area contributed by atoms with Crippen molar-refractivity contribution in [3.8, 4) is 77.9 Å². The van der Waals surface area contributed by atoms with Crippen LogP contribution in [0.2, 0.25) is 0 Å². The highest BCUT2D eigenvalue weighted by Crippen LogP contribution is 2.65. The third kappa shape index (κ3) is 9.89. The molecule has 2 nitrogen and oxygen atoms in total. The Labute approximate surface area is 681 Å². The van der Waals surface area contributed by atoms with Gasteiger partial charge in [-0.05, 0) is 237 Å². The van der Waals surface area contributed by atoms with Crippen LogP contribution in [0.4, 0.5) is 34.1 Å². The van der Waals surface area contributed by atoms with E-state index < -0.39 is 16.2 Å². The molecule has 0 atom stereocenters. The SMILES string of the molecule is Cc1ccc2c(c1)C(c1ccccc1)(c1ccccc1)c1cc(N(c3ccc(-c4ccc(N(c5ccc(-c6cccc7c6sc6ccccc67)cc5)c5ccc6c(c5)C5(c7ccccc7-c7ccccc75)c5ccccc5-6)cc4)c(-c4ccccc4)c3)c3ccc4c(c3)C(c3ccccc3)(c3ccccc3)c3cc(C)ccc3-4)ccc1-2. The van der Waals surface area contributed by atoms with E-state index in [0.717, 1.165) is 56.4 Å². The molecular formula is C113H76N2S. The van der Waals surface area contributed by atoms with Gasteiger partial charge in [-0.25, -0.2) is 0 Å². The van der Waals surface area contributed by atoms with E-state index in [-0.39, 0.29) is 0 Å². The molecule has 0 radical (unpaired) electrons. The molecule has 18 aromatic carbocycles. The summed E-state index contributed by atoms with van der Waals surface area (Å²) in [4.78, 5) is 5.04. The van der Waals surface area contributed by atoms with Crippen molar-refractivity contribution in [3.63, 3.8) is 0 Å². The first-order valence-corrected chi connectivity index (χ1v) is 41.2. The zero-order valence-electron chi connectivity index (χ0n) is 64.2. The number of hydrogen-bond acceptors (Lipinski definition) is 3. The predicted octanol–water partition coefficient (Wildman–Crippen LogP) is 29.7. The Morgan fingerprint density at radius 1 is 0.190 bits per heavy atom. The van der Waals surface area contributed by atoms with E-state index in [1.807, 2.05) is 11.3 Å². The highest BCUT2D eigenvalue weighted by molar-refractivity contribution is 7.26. The average molecular weight is 1490 g/mol. The summed E-state index contributed by atoms with van der Waals surface area (Å²) in [5.41, 5.74) is 39.4. The van der Waals surface area contributed by atoms with E-state index >= 15 is 0 Å². The first-order valence-electron chi connectivity index (χ1n) is 40.4. The smallest absolute Gasteiger partial charge is 0.0726 e. The molecule has 4 aliphatic carbocycles. The number of rotatable bonds is 13. The minimum absolute atomic E-state index is 0.520. The average Bonchev–Trinajstić information content (AvgIpc) is 1.51. The molecule has 0 aliphatic heterocycles. The fourth-order valence-electron chi connectivity index (χ4n) is 20.9. The van der Waals surface area contributed by atoms with Crippen LogP contribution in [0, 0.1) is 13.8 Å². The lowest BCUT2D eigenvalue weighted by Gasteiger charge is -2.36. The zero-order chi connectivity index (χ0) is 76.8. The van der Waals surface area contributed by atoms with Gasteiger partial charge in [-0.3, -0.25) is 0 Å². The van der Waals surface area contributed by atoms with E-state index in [1.54, 1.807) is 0 Å². The van der Waals surface area contributed by atoms with Crippen molar-refractivity contribution in [2.45, 2.75) is 30.1 Å². The van der Waals surface area contributed by atoms with Crippen molar-refractivity contribution in [1.29, 1.82) is 0 Å². The summed E-state index contributed by atoms with van der Waals surface area (Å²) in [5, 5.41) is 2.60. The second kappa shape index (κ2) is 26.4. The number of hydrogen-bond donors (Lipinski definition) is 0. The summed E-state index contributed by atoms with van der Waals surface area (Å²) in [7, 11) is 0. The number of benzene rings is 18. The van der Waals surface area contributed by atoms with Gasteiger partial charge in [0.25, 0.3) is 0 Å². The Morgan fingerprint density at radius 3 is 0.940 bits per heavy atom. The maximum absolute atomic E-state index is 2.55. The standard InChI is InChI=1S/C113H76N2S/c1-73-47-61-93-96-65-59-86(70-106(96)111(104(93)67-73,78-29-10-4-11-30-78)79-31-12-5-13-32-79)115(87-60-66-97-94-62-48-74(2)68-105(94)112(107(97)71-87,80-33-14-6-15-34-80)81-35-16-7-17-36-81)84-57-63-88(100(69-84)75-27-8-3-9-28-75)76-49-53-82(54-50-76)114(83-55-51-77(52-56-83)89-41-26-42-99-98-40-21-25-46-109(98)116-110(89)99)85-58-64-95-92-39-20-24-45-103(92)113(108(95)72-85)101-43-22-18-37-90(101)91-38-19-23-44-102(91)113/h3-72H,1-2H3. The van der Waals surface area contributed by atoms with E-state index in [9.17, 15) is 0 Å². The summed E-state index contributed by atoms with van der Waals surface area (Å²) < 4.78 is 2.61. The monoisotopic (exact) mass is 1490 g/mol. The molecule has 0 unspecified atom stereocenters. The number of nitrogens with zero attached hydrogens (tertiary/aromatic N) is 2. The third-order valence-electron chi connectivity index (χ3n) is 25.8. The molecule has 544 valence electrons. The largest absolute Gasteiger partial charge is 0.310 e. The Bertz CT molecular complexity index is 6810. The van der Waals surface area contributed by atoms with Crippen LogP contribution in [0.15, 0.2) is 425 Å². The fraction of sp³-hybridized carbons (Fsp3) is 0.0442. The third-order valence-corrected chi connectivity index (χ3v) is 27.0. The lowest BCUT2D eigenvalue weighted by Crippen LogP contribution is -2.29. The van der Waals surface area contributed by atoms with Crippen LogP contribution in [0.5, 0.6) is 0 Å². The molecule has 19 aromatic rings. The Balaban J connectivity index is 0.718. The van der Waals surface area contributed by atoms with Gasteiger partial charge in [-0.1, -0.05) is 357 Å². The van der Waals surface area contributed by atoms with Gasteiger partial charge in [0.05, 0.1) is 16.2 Å². The lowest BCUT2D eigenvalue weighted by atomic mass is 9.67. The highest BCUT2D eigenvalue weighted by atomic mass is 32.1. The second-order valence-corrected chi connectivity index (χ2v) is 32.8. The molecule has 0 amide bonds. The van der Waals surface area contributed by atoms with E-state index in [0.29, 0.717) is 0 Å². The van der Waals surface area contributed by atoms with E-state index in [1.165, 1.54) is 154 Å². The number of thiophene rings is 1.